The fraction of sp³-hybridized carbons (Fsp3) is 0.226. The van der Waals surface area contributed by atoms with E-state index in [0.717, 1.165) is 37.1 Å². The maximum Gasteiger partial charge on any atom is 0.267 e. The number of hydrogen-bond acceptors (Lipinski definition) is 3. The van der Waals surface area contributed by atoms with Gasteiger partial charge in [0.1, 0.15) is 0 Å². The molecule has 4 nitrogen and oxygen atoms in total. The van der Waals surface area contributed by atoms with Crippen molar-refractivity contribution in [3.8, 4) is 0 Å². The highest BCUT2D eigenvalue weighted by Gasteiger charge is 2.20. The SMILES string of the molecule is Cc1ccc(S(=O)(=O)n2cccc2CN(C)CCC=C2c3ccccc3CCc3ccccc32)cc1. The number of rotatable bonds is 7. The van der Waals surface area contributed by atoms with Crippen LogP contribution in [-0.4, -0.2) is 30.9 Å². The molecule has 1 aromatic heterocycles. The zero-order chi connectivity index (χ0) is 25.1. The predicted molar refractivity (Wildman–Crippen MR) is 147 cm³/mol. The Morgan fingerprint density at radius 1 is 0.833 bits per heavy atom. The summed E-state index contributed by atoms with van der Waals surface area (Å²) >= 11 is 0. The van der Waals surface area contributed by atoms with E-state index in [-0.39, 0.29) is 0 Å². The Kier molecular flexibility index (Phi) is 6.95. The number of benzene rings is 3. The first-order valence-corrected chi connectivity index (χ1v) is 13.9. The van der Waals surface area contributed by atoms with Crippen LogP contribution in [0, 0.1) is 6.92 Å². The molecule has 5 heteroatoms. The summed E-state index contributed by atoms with van der Waals surface area (Å²) in [5, 5.41) is 0. The van der Waals surface area contributed by atoms with E-state index in [2.05, 4.69) is 59.5 Å². The first-order valence-electron chi connectivity index (χ1n) is 12.5. The third kappa shape index (κ3) is 4.95. The molecule has 0 amide bonds. The molecule has 3 aromatic carbocycles. The monoisotopic (exact) mass is 496 g/mol. The summed E-state index contributed by atoms with van der Waals surface area (Å²) in [7, 11) is -1.57. The minimum atomic E-state index is -3.62. The minimum Gasteiger partial charge on any atom is -0.300 e. The second-order valence-electron chi connectivity index (χ2n) is 9.57. The molecule has 0 saturated carbocycles. The van der Waals surface area contributed by atoms with E-state index >= 15 is 0 Å². The van der Waals surface area contributed by atoms with Crippen LogP contribution in [0.1, 0.15) is 39.9 Å². The highest BCUT2D eigenvalue weighted by Crippen LogP contribution is 2.33. The van der Waals surface area contributed by atoms with Gasteiger partial charge in [0.05, 0.1) is 4.90 Å². The molecular formula is C31H32N2O2S. The molecule has 0 saturated heterocycles. The molecule has 4 aromatic rings. The lowest BCUT2D eigenvalue weighted by molar-refractivity contribution is 0.328. The minimum absolute atomic E-state index is 0.309. The van der Waals surface area contributed by atoms with Crippen LogP contribution in [0.15, 0.2) is 102 Å². The average molecular weight is 497 g/mol. The van der Waals surface area contributed by atoms with Gasteiger partial charge in [0, 0.05) is 25.0 Å². The second kappa shape index (κ2) is 10.3. The standard InChI is InChI=1S/C31H32N2O2S/c1-24-15-19-28(20-16-24)36(34,35)33-22-7-11-27(33)23-32(2)21-8-14-31-29-12-5-3-9-25(29)17-18-26-10-4-6-13-30(26)31/h3-7,9-16,19-20,22H,8,17-18,21,23H2,1-2H3. The topological polar surface area (TPSA) is 42.3 Å². The van der Waals surface area contributed by atoms with Gasteiger partial charge >= 0.3 is 0 Å². The fourth-order valence-electron chi connectivity index (χ4n) is 5.00. The van der Waals surface area contributed by atoms with Crippen LogP contribution in [0.25, 0.3) is 5.57 Å². The summed E-state index contributed by atoms with van der Waals surface area (Å²) in [4.78, 5) is 2.49. The first kappa shape index (κ1) is 24.3. The lowest BCUT2D eigenvalue weighted by Gasteiger charge is -2.18. The lowest BCUT2D eigenvalue weighted by Crippen LogP contribution is -2.23. The molecule has 0 unspecified atom stereocenters. The fourth-order valence-corrected chi connectivity index (χ4v) is 6.37. The van der Waals surface area contributed by atoms with Crippen LogP contribution in [-0.2, 0) is 29.4 Å². The van der Waals surface area contributed by atoms with Gasteiger partial charge in [-0.15, -0.1) is 0 Å². The molecule has 0 bridgehead atoms. The van der Waals surface area contributed by atoms with Crippen LogP contribution < -0.4 is 0 Å². The van der Waals surface area contributed by atoms with E-state index in [1.807, 2.05) is 32.2 Å². The summed E-state index contributed by atoms with van der Waals surface area (Å²) in [5.74, 6) is 0. The summed E-state index contributed by atoms with van der Waals surface area (Å²) in [6, 6.07) is 28.1. The molecule has 0 fully saturated rings. The van der Waals surface area contributed by atoms with Crippen LogP contribution in [0.3, 0.4) is 0 Å². The van der Waals surface area contributed by atoms with E-state index in [4.69, 9.17) is 0 Å². The van der Waals surface area contributed by atoms with Gasteiger partial charge < -0.3 is 4.90 Å². The first-order chi connectivity index (χ1) is 17.4. The maximum absolute atomic E-state index is 13.2. The summed E-state index contributed by atoms with van der Waals surface area (Å²) < 4.78 is 27.9. The number of hydrogen-bond donors (Lipinski definition) is 0. The van der Waals surface area contributed by atoms with Crippen molar-refractivity contribution < 1.29 is 8.42 Å². The Morgan fingerprint density at radius 3 is 2.08 bits per heavy atom. The van der Waals surface area contributed by atoms with Gasteiger partial charge in [-0.05, 0) is 85.3 Å². The van der Waals surface area contributed by atoms with Crippen molar-refractivity contribution in [3.05, 3.63) is 131 Å². The highest BCUT2D eigenvalue weighted by molar-refractivity contribution is 7.90. The maximum atomic E-state index is 13.2. The highest BCUT2D eigenvalue weighted by atomic mass is 32.2. The van der Waals surface area contributed by atoms with E-state index < -0.39 is 10.0 Å². The average Bonchev–Trinajstić information content (AvgIpc) is 3.29. The summed E-state index contributed by atoms with van der Waals surface area (Å²) in [6.07, 6.45) is 6.97. The molecule has 0 N–H and O–H groups in total. The molecule has 0 spiro atoms. The summed E-state index contributed by atoms with van der Waals surface area (Å²) in [6.45, 7) is 3.33. The number of aromatic nitrogens is 1. The quantitative estimate of drug-likeness (QED) is 0.311. The van der Waals surface area contributed by atoms with Gasteiger partial charge in [-0.2, -0.15) is 0 Å². The van der Waals surface area contributed by atoms with Crippen LogP contribution >= 0.6 is 0 Å². The Bertz CT molecular complexity index is 1450. The Labute approximate surface area is 214 Å². The van der Waals surface area contributed by atoms with Gasteiger partial charge in [0.15, 0.2) is 0 Å². The van der Waals surface area contributed by atoms with Crippen molar-refractivity contribution >= 4 is 15.6 Å². The second-order valence-corrected chi connectivity index (χ2v) is 11.4. The number of aryl methyl sites for hydroxylation is 3. The molecule has 1 aliphatic carbocycles. The Morgan fingerprint density at radius 2 is 1.44 bits per heavy atom. The van der Waals surface area contributed by atoms with Crippen molar-refractivity contribution in [3.63, 3.8) is 0 Å². The molecule has 0 radical (unpaired) electrons. The molecule has 1 heterocycles. The predicted octanol–water partition coefficient (Wildman–Crippen LogP) is 6.09. The number of fused-ring (bicyclic) bond motifs is 2. The van der Waals surface area contributed by atoms with Gasteiger partial charge in [-0.25, -0.2) is 12.4 Å². The Hall–Kier alpha value is -3.41. The molecule has 0 atom stereocenters. The molecule has 5 rings (SSSR count). The molecular weight excluding hydrogens is 464 g/mol. The molecule has 0 aliphatic heterocycles. The third-order valence-corrected chi connectivity index (χ3v) is 8.68. The smallest absolute Gasteiger partial charge is 0.267 e. The van der Waals surface area contributed by atoms with Crippen LogP contribution in [0.5, 0.6) is 0 Å². The molecule has 184 valence electrons. The van der Waals surface area contributed by atoms with Gasteiger partial charge in [0.2, 0.25) is 0 Å². The van der Waals surface area contributed by atoms with Gasteiger partial charge in [0.25, 0.3) is 10.0 Å². The van der Waals surface area contributed by atoms with Crippen molar-refractivity contribution in [1.29, 1.82) is 0 Å². The van der Waals surface area contributed by atoms with Crippen molar-refractivity contribution in [2.75, 3.05) is 13.6 Å². The van der Waals surface area contributed by atoms with E-state index in [0.29, 0.717) is 11.4 Å². The molecule has 1 aliphatic rings. The molecule has 36 heavy (non-hydrogen) atoms. The normalized spacial score (nSPS) is 13.2. The summed E-state index contributed by atoms with van der Waals surface area (Å²) in [5.41, 5.74) is 8.54. The zero-order valence-electron chi connectivity index (χ0n) is 20.9. The Balaban J connectivity index is 1.33. The van der Waals surface area contributed by atoms with Crippen molar-refractivity contribution in [2.45, 2.75) is 37.6 Å². The van der Waals surface area contributed by atoms with E-state index in [1.165, 1.54) is 31.8 Å². The van der Waals surface area contributed by atoms with Gasteiger partial charge in [-0.3, -0.25) is 0 Å². The van der Waals surface area contributed by atoms with Crippen molar-refractivity contribution in [2.24, 2.45) is 0 Å². The van der Waals surface area contributed by atoms with E-state index in [9.17, 15) is 8.42 Å². The van der Waals surface area contributed by atoms with E-state index in [1.54, 1.807) is 24.4 Å². The zero-order valence-corrected chi connectivity index (χ0v) is 21.7. The largest absolute Gasteiger partial charge is 0.300 e. The number of nitrogens with zero attached hydrogens (tertiary/aromatic N) is 2. The lowest BCUT2D eigenvalue weighted by atomic mass is 9.93. The van der Waals surface area contributed by atoms with Gasteiger partial charge in [-0.1, -0.05) is 72.3 Å². The third-order valence-electron chi connectivity index (χ3n) is 6.94. The van der Waals surface area contributed by atoms with Crippen LogP contribution in [0.4, 0.5) is 0 Å². The van der Waals surface area contributed by atoms with Crippen LogP contribution in [0.2, 0.25) is 0 Å². The van der Waals surface area contributed by atoms with Crippen molar-refractivity contribution in [1.82, 2.24) is 8.87 Å².